The van der Waals surface area contributed by atoms with Gasteiger partial charge in [-0.1, -0.05) is 77.6 Å². The van der Waals surface area contributed by atoms with Gasteiger partial charge in [0.25, 0.3) is 0 Å². The van der Waals surface area contributed by atoms with Crippen LogP contribution in [0.4, 0.5) is 0 Å². The summed E-state index contributed by atoms with van der Waals surface area (Å²) in [6.07, 6.45) is 16.6. The topological polar surface area (TPSA) is 107 Å². The van der Waals surface area contributed by atoms with Crippen molar-refractivity contribution in [1.82, 2.24) is 0 Å². The molecule has 0 fully saturated rings. The molecule has 33 heavy (non-hydrogen) atoms. The van der Waals surface area contributed by atoms with Crippen LogP contribution in [0.3, 0.4) is 0 Å². The van der Waals surface area contributed by atoms with E-state index >= 15 is 0 Å². The Balaban J connectivity index is 0.00000109. The Bertz CT molecular complexity index is 575. The number of hydrogen-bond donors (Lipinski definition) is 3. The van der Waals surface area contributed by atoms with Gasteiger partial charge in [-0.25, -0.2) is 19.1 Å². The SMILES string of the molecule is CCCCCCCCCCCCCCC1=NCC[N+]1(CO)CC(=O)O.C[N+](C)(C)CC(=O)O. The van der Waals surface area contributed by atoms with Crippen LogP contribution in [0.5, 0.6) is 0 Å². The highest BCUT2D eigenvalue weighted by molar-refractivity contribution is 5.79. The summed E-state index contributed by atoms with van der Waals surface area (Å²) in [4.78, 5) is 25.5. The normalized spacial score (nSPS) is 17.9. The molecule has 0 amide bonds. The smallest absolute Gasteiger partial charge is 0.359 e. The molecular weight excluding hydrogens is 422 g/mol. The molecule has 1 aliphatic heterocycles. The molecule has 0 aromatic heterocycles. The molecule has 3 N–H and O–H groups in total. The minimum Gasteiger partial charge on any atom is -0.477 e. The fourth-order valence-corrected chi connectivity index (χ4v) is 4.13. The number of nitrogens with zero attached hydrogens (tertiary/aromatic N) is 3. The predicted octanol–water partition coefficient (Wildman–Crippen LogP) is 4.12. The second kappa shape index (κ2) is 17.9. The van der Waals surface area contributed by atoms with Gasteiger partial charge in [-0.05, 0) is 6.42 Å². The highest BCUT2D eigenvalue weighted by atomic mass is 16.4. The number of hydrogen-bond acceptors (Lipinski definition) is 4. The number of unbranched alkanes of at least 4 members (excludes halogenated alkanes) is 11. The highest BCUT2D eigenvalue weighted by Gasteiger charge is 2.39. The Morgan fingerprint density at radius 1 is 0.848 bits per heavy atom. The van der Waals surface area contributed by atoms with Gasteiger partial charge >= 0.3 is 11.9 Å². The van der Waals surface area contributed by atoms with Gasteiger partial charge in [0.1, 0.15) is 6.54 Å². The molecular formula is C25H51N3O5+2. The maximum Gasteiger partial charge on any atom is 0.359 e. The number of aliphatic carboxylic acids is 2. The van der Waals surface area contributed by atoms with Crippen LogP contribution < -0.4 is 0 Å². The third kappa shape index (κ3) is 16.7. The quantitative estimate of drug-likeness (QED) is 0.205. The lowest BCUT2D eigenvalue weighted by atomic mass is 10.0. The van der Waals surface area contributed by atoms with E-state index in [0.717, 1.165) is 18.7 Å². The van der Waals surface area contributed by atoms with Crippen LogP contribution in [0.1, 0.15) is 90.4 Å². The number of rotatable bonds is 18. The third-order valence-electron chi connectivity index (χ3n) is 5.94. The molecule has 1 unspecified atom stereocenters. The van der Waals surface area contributed by atoms with Crippen molar-refractivity contribution in [2.75, 3.05) is 54.1 Å². The Hall–Kier alpha value is -1.51. The third-order valence-corrected chi connectivity index (χ3v) is 5.94. The first-order chi connectivity index (χ1) is 15.6. The van der Waals surface area contributed by atoms with E-state index in [-0.39, 0.29) is 24.3 Å². The number of carboxylic acid groups (broad SMARTS) is 2. The van der Waals surface area contributed by atoms with Crippen LogP contribution in [-0.4, -0.2) is 96.1 Å². The van der Waals surface area contributed by atoms with Crippen molar-refractivity contribution in [3.05, 3.63) is 0 Å². The molecule has 0 aromatic rings. The Kier molecular flexibility index (Phi) is 17.1. The standard InChI is InChI=1S/C20H38N2O3.C5H11NO2/c1-2-3-4-5-6-7-8-9-10-11-12-13-14-19-21-15-16-22(19,18-23)17-20(24)25;1-6(2,3)4-5(7)8/h23H,2-18H2,1H3;4H2,1-3H3/p+2. The molecule has 1 aliphatic rings. The Morgan fingerprint density at radius 3 is 1.70 bits per heavy atom. The average Bonchev–Trinajstić information content (AvgIpc) is 3.09. The molecule has 1 rings (SSSR count). The second-order valence-electron chi connectivity index (χ2n) is 10.3. The number of carbonyl (C=O) groups is 2. The first-order valence-electron chi connectivity index (χ1n) is 12.8. The molecule has 1 atom stereocenters. The molecule has 0 aliphatic carbocycles. The summed E-state index contributed by atoms with van der Waals surface area (Å²) < 4.78 is 0.628. The van der Waals surface area contributed by atoms with E-state index in [1.165, 1.54) is 70.6 Å². The molecule has 0 saturated carbocycles. The maximum absolute atomic E-state index is 11.1. The van der Waals surface area contributed by atoms with Gasteiger partial charge in [0, 0.05) is 6.42 Å². The fourth-order valence-electron chi connectivity index (χ4n) is 4.13. The van der Waals surface area contributed by atoms with Crippen LogP contribution in [0.2, 0.25) is 0 Å². The van der Waals surface area contributed by atoms with E-state index in [1.807, 2.05) is 21.1 Å². The van der Waals surface area contributed by atoms with E-state index in [2.05, 4.69) is 11.9 Å². The second-order valence-corrected chi connectivity index (χ2v) is 10.3. The lowest BCUT2D eigenvalue weighted by Crippen LogP contribution is -2.54. The monoisotopic (exact) mass is 473 g/mol. The number of amidine groups is 1. The van der Waals surface area contributed by atoms with Crippen molar-refractivity contribution in [1.29, 1.82) is 0 Å². The molecule has 0 aromatic carbocycles. The van der Waals surface area contributed by atoms with Crippen molar-refractivity contribution in [3.8, 4) is 0 Å². The van der Waals surface area contributed by atoms with Gasteiger partial charge in [-0.3, -0.25) is 0 Å². The zero-order chi connectivity index (χ0) is 25.2. The first kappa shape index (κ1) is 31.5. The van der Waals surface area contributed by atoms with E-state index < -0.39 is 11.9 Å². The number of aliphatic imine (C=N–C) groups is 1. The van der Waals surface area contributed by atoms with Crippen molar-refractivity contribution >= 4 is 17.8 Å². The largest absolute Gasteiger partial charge is 0.477 e. The minimum absolute atomic E-state index is 0.0480. The van der Waals surface area contributed by atoms with Crippen LogP contribution in [0.15, 0.2) is 4.99 Å². The van der Waals surface area contributed by atoms with E-state index in [4.69, 9.17) is 10.2 Å². The van der Waals surface area contributed by atoms with Gasteiger partial charge in [-0.2, -0.15) is 0 Å². The van der Waals surface area contributed by atoms with Crippen molar-refractivity contribution in [2.24, 2.45) is 4.99 Å². The number of carboxylic acids is 2. The number of quaternary nitrogens is 2. The molecule has 8 nitrogen and oxygen atoms in total. The van der Waals surface area contributed by atoms with Gasteiger partial charge in [-0.15, -0.1) is 0 Å². The van der Waals surface area contributed by atoms with Crippen molar-refractivity contribution in [3.63, 3.8) is 0 Å². The van der Waals surface area contributed by atoms with Crippen LogP contribution in [-0.2, 0) is 9.59 Å². The summed E-state index contributed by atoms with van der Waals surface area (Å²) in [6.45, 7) is 3.50. The summed E-state index contributed by atoms with van der Waals surface area (Å²) in [6, 6.07) is 0. The molecule has 0 saturated heterocycles. The van der Waals surface area contributed by atoms with Crippen molar-refractivity contribution in [2.45, 2.75) is 90.4 Å². The summed E-state index contributed by atoms with van der Waals surface area (Å²) in [5.74, 6) is -0.729. The lowest BCUT2D eigenvalue weighted by molar-refractivity contribution is -0.862. The molecule has 0 radical (unpaired) electrons. The summed E-state index contributed by atoms with van der Waals surface area (Å²) in [7, 11) is 5.52. The predicted molar refractivity (Wildman–Crippen MR) is 133 cm³/mol. The van der Waals surface area contributed by atoms with Gasteiger partial charge in [0.2, 0.25) is 5.84 Å². The number of aliphatic hydroxyl groups is 1. The Morgan fingerprint density at radius 2 is 1.33 bits per heavy atom. The zero-order valence-electron chi connectivity index (χ0n) is 21.7. The van der Waals surface area contributed by atoms with Crippen LogP contribution in [0, 0.1) is 0 Å². The van der Waals surface area contributed by atoms with Gasteiger partial charge in [0.15, 0.2) is 19.8 Å². The van der Waals surface area contributed by atoms with E-state index in [9.17, 15) is 14.7 Å². The maximum atomic E-state index is 11.1. The van der Waals surface area contributed by atoms with Gasteiger partial charge < -0.3 is 19.8 Å². The summed E-state index contributed by atoms with van der Waals surface area (Å²) >= 11 is 0. The Labute approximate surface area is 201 Å². The summed E-state index contributed by atoms with van der Waals surface area (Å²) in [5.41, 5.74) is 0. The highest BCUT2D eigenvalue weighted by Crippen LogP contribution is 2.20. The average molecular weight is 474 g/mol. The summed E-state index contributed by atoms with van der Waals surface area (Å²) in [5, 5.41) is 27.0. The number of likely N-dealkylation sites (N-methyl/N-ethyl adjacent to an activating group) is 1. The number of aliphatic hydroxyl groups excluding tert-OH is 1. The molecule has 8 heteroatoms. The van der Waals surface area contributed by atoms with E-state index in [0.29, 0.717) is 17.6 Å². The lowest BCUT2D eigenvalue weighted by Gasteiger charge is -2.30. The molecule has 0 spiro atoms. The van der Waals surface area contributed by atoms with Crippen LogP contribution >= 0.6 is 0 Å². The molecule has 1 heterocycles. The van der Waals surface area contributed by atoms with Crippen molar-refractivity contribution < 1.29 is 33.9 Å². The van der Waals surface area contributed by atoms with E-state index in [1.54, 1.807) is 0 Å². The molecule has 0 bridgehead atoms. The van der Waals surface area contributed by atoms with Gasteiger partial charge in [0.05, 0.1) is 27.7 Å². The first-order valence-corrected chi connectivity index (χ1v) is 12.8. The zero-order valence-corrected chi connectivity index (χ0v) is 21.7. The fraction of sp³-hybridized carbons (Fsp3) is 0.880. The molecule has 194 valence electrons. The van der Waals surface area contributed by atoms with Crippen LogP contribution in [0.25, 0.3) is 0 Å². The minimum atomic E-state index is -0.863.